The molecule has 0 amide bonds. The molecule has 1 aromatic rings. The largest absolute Gasteiger partial charge is 0.393 e. The summed E-state index contributed by atoms with van der Waals surface area (Å²) in [5, 5.41) is 8.52. The summed E-state index contributed by atoms with van der Waals surface area (Å²) in [6.07, 6.45) is 1.39. The Hall–Kier alpha value is -0.910. The Morgan fingerprint density at radius 2 is 1.88 bits per heavy atom. The zero-order chi connectivity index (χ0) is 12.5. The number of aliphatic hydroxyl groups is 1. The maximum Gasteiger partial charge on any atom is 0.194 e. The fourth-order valence-corrected chi connectivity index (χ4v) is 3.92. The summed E-state index contributed by atoms with van der Waals surface area (Å²) in [7, 11) is -3.48. The number of hydrogen-bond acceptors (Lipinski definition) is 4. The lowest BCUT2D eigenvalue weighted by atomic mass is 10.1. The Kier molecular flexibility index (Phi) is 3.51. The molecule has 0 bridgehead atoms. The van der Waals surface area contributed by atoms with Crippen molar-refractivity contribution in [1.29, 1.82) is 0 Å². The maximum atomic E-state index is 12.2. The van der Waals surface area contributed by atoms with Crippen LogP contribution in [0.1, 0.15) is 19.3 Å². The minimum atomic E-state index is -3.48. The molecular weight excluding hydrogens is 238 g/mol. The molecule has 3 unspecified atom stereocenters. The van der Waals surface area contributed by atoms with Crippen LogP contribution in [0.3, 0.4) is 0 Å². The van der Waals surface area contributed by atoms with E-state index in [1.165, 1.54) is 0 Å². The van der Waals surface area contributed by atoms with Crippen molar-refractivity contribution >= 4 is 9.84 Å². The van der Waals surface area contributed by atoms with Crippen LogP contribution in [0, 0.1) is 5.92 Å². The van der Waals surface area contributed by atoms with Gasteiger partial charge in [0.25, 0.3) is 0 Å². The van der Waals surface area contributed by atoms with E-state index in [4.69, 9.17) is 5.73 Å². The van der Waals surface area contributed by atoms with E-state index >= 15 is 0 Å². The van der Waals surface area contributed by atoms with Gasteiger partial charge in [-0.3, -0.25) is 0 Å². The summed E-state index contributed by atoms with van der Waals surface area (Å²) in [6.45, 7) is 0. The Morgan fingerprint density at radius 1 is 1.24 bits per heavy atom. The van der Waals surface area contributed by atoms with Crippen molar-refractivity contribution in [2.45, 2.75) is 35.6 Å². The predicted octanol–water partition coefficient (Wildman–Crippen LogP) is 0.906. The van der Waals surface area contributed by atoms with E-state index in [9.17, 15) is 13.5 Å². The fourth-order valence-electron chi connectivity index (χ4n) is 2.31. The highest BCUT2D eigenvalue weighted by molar-refractivity contribution is 7.92. The molecule has 0 radical (unpaired) electrons. The molecule has 1 fully saturated rings. The van der Waals surface area contributed by atoms with Gasteiger partial charge in [-0.15, -0.1) is 0 Å². The molecule has 0 aromatic heterocycles. The van der Waals surface area contributed by atoms with Crippen LogP contribution < -0.4 is 5.73 Å². The van der Waals surface area contributed by atoms with Gasteiger partial charge >= 0.3 is 0 Å². The van der Waals surface area contributed by atoms with Crippen molar-refractivity contribution in [1.82, 2.24) is 0 Å². The Labute approximate surface area is 101 Å². The van der Waals surface area contributed by atoms with E-state index in [1.807, 2.05) is 0 Å². The molecular formula is C12H17NO3S. The molecule has 5 heteroatoms. The first-order valence-electron chi connectivity index (χ1n) is 5.74. The summed E-state index contributed by atoms with van der Waals surface area (Å²) >= 11 is 0. The molecule has 17 heavy (non-hydrogen) atoms. The van der Waals surface area contributed by atoms with Gasteiger partial charge in [-0.2, -0.15) is 0 Å². The van der Waals surface area contributed by atoms with Crippen LogP contribution in [-0.4, -0.2) is 25.0 Å². The summed E-state index contributed by atoms with van der Waals surface area (Å²) in [6, 6.07) is 8.25. The molecule has 3 N–H and O–H groups in total. The number of aliphatic hydroxyl groups excluding tert-OH is 1. The molecule has 3 atom stereocenters. The van der Waals surface area contributed by atoms with Crippen LogP contribution in [-0.2, 0) is 9.84 Å². The lowest BCUT2D eigenvalue weighted by molar-refractivity contribution is 0.177. The van der Waals surface area contributed by atoms with Gasteiger partial charge in [0.05, 0.1) is 11.0 Å². The highest BCUT2D eigenvalue weighted by atomic mass is 32.2. The lowest BCUT2D eigenvalue weighted by Crippen LogP contribution is -2.37. The van der Waals surface area contributed by atoms with Crippen LogP contribution in [0.5, 0.6) is 0 Å². The molecule has 94 valence electrons. The predicted molar refractivity (Wildman–Crippen MR) is 65.0 cm³/mol. The van der Waals surface area contributed by atoms with Gasteiger partial charge in [-0.05, 0) is 37.3 Å². The third-order valence-corrected chi connectivity index (χ3v) is 5.37. The second-order valence-electron chi connectivity index (χ2n) is 4.55. The van der Waals surface area contributed by atoms with Crippen molar-refractivity contribution in [2.75, 3.05) is 0 Å². The number of rotatable bonds is 3. The van der Waals surface area contributed by atoms with Crippen molar-refractivity contribution in [3.63, 3.8) is 0 Å². The first kappa shape index (κ1) is 12.5. The number of nitrogens with two attached hydrogens (primary N) is 1. The number of benzene rings is 1. The average molecular weight is 255 g/mol. The highest BCUT2D eigenvalue weighted by Gasteiger charge is 2.35. The standard InChI is InChI=1S/C12H17NO3S/c13-12(9-6-7-10(14)8-9)17(15,16)11-4-2-1-3-5-11/h1-5,9-10,12,14H,6-8,13H2. The molecule has 1 aromatic carbocycles. The second-order valence-corrected chi connectivity index (χ2v) is 6.66. The van der Waals surface area contributed by atoms with Crippen LogP contribution in [0.4, 0.5) is 0 Å². The van der Waals surface area contributed by atoms with E-state index in [2.05, 4.69) is 0 Å². The Morgan fingerprint density at radius 3 is 2.41 bits per heavy atom. The first-order chi connectivity index (χ1) is 8.01. The van der Waals surface area contributed by atoms with Gasteiger partial charge in [0.1, 0.15) is 5.37 Å². The maximum absolute atomic E-state index is 12.2. The zero-order valence-corrected chi connectivity index (χ0v) is 10.3. The lowest BCUT2D eigenvalue weighted by Gasteiger charge is -2.19. The molecule has 0 aliphatic heterocycles. The van der Waals surface area contributed by atoms with Crippen LogP contribution in [0.25, 0.3) is 0 Å². The molecule has 2 rings (SSSR count). The Bertz CT molecular complexity index is 472. The van der Waals surface area contributed by atoms with Crippen molar-refractivity contribution in [3.8, 4) is 0 Å². The average Bonchev–Trinajstić information content (AvgIpc) is 2.76. The molecule has 0 spiro atoms. The van der Waals surface area contributed by atoms with Gasteiger partial charge < -0.3 is 10.8 Å². The summed E-state index contributed by atoms with van der Waals surface area (Å²) < 4.78 is 24.4. The van der Waals surface area contributed by atoms with Crippen LogP contribution >= 0.6 is 0 Å². The van der Waals surface area contributed by atoms with E-state index < -0.39 is 21.3 Å². The zero-order valence-electron chi connectivity index (χ0n) is 9.49. The first-order valence-corrected chi connectivity index (χ1v) is 7.29. The third kappa shape index (κ3) is 2.51. The van der Waals surface area contributed by atoms with Gasteiger partial charge in [-0.25, -0.2) is 8.42 Å². The number of sulfone groups is 1. The van der Waals surface area contributed by atoms with E-state index in [0.29, 0.717) is 19.3 Å². The normalized spacial score (nSPS) is 26.9. The highest BCUT2D eigenvalue weighted by Crippen LogP contribution is 2.31. The van der Waals surface area contributed by atoms with Gasteiger partial charge in [-0.1, -0.05) is 18.2 Å². The van der Waals surface area contributed by atoms with Crippen LogP contribution in [0.15, 0.2) is 35.2 Å². The van der Waals surface area contributed by atoms with Gasteiger partial charge in [0, 0.05) is 0 Å². The van der Waals surface area contributed by atoms with Crippen molar-refractivity contribution in [3.05, 3.63) is 30.3 Å². The molecule has 1 aliphatic rings. The van der Waals surface area contributed by atoms with Gasteiger partial charge in [0.15, 0.2) is 9.84 Å². The summed E-state index contributed by atoms with van der Waals surface area (Å²) in [5.74, 6) is -0.143. The fraction of sp³-hybridized carbons (Fsp3) is 0.500. The second kappa shape index (κ2) is 4.76. The van der Waals surface area contributed by atoms with Crippen LogP contribution in [0.2, 0.25) is 0 Å². The number of hydrogen-bond donors (Lipinski definition) is 2. The SMILES string of the molecule is NC(C1CCC(O)C1)S(=O)(=O)c1ccccc1. The molecule has 4 nitrogen and oxygen atoms in total. The van der Waals surface area contributed by atoms with Crippen molar-refractivity contribution in [2.24, 2.45) is 11.7 Å². The van der Waals surface area contributed by atoms with Crippen molar-refractivity contribution < 1.29 is 13.5 Å². The minimum Gasteiger partial charge on any atom is -0.393 e. The van der Waals surface area contributed by atoms with E-state index in [-0.39, 0.29) is 10.8 Å². The molecule has 0 heterocycles. The van der Waals surface area contributed by atoms with E-state index in [1.54, 1.807) is 30.3 Å². The molecule has 1 aliphatic carbocycles. The molecule has 0 saturated heterocycles. The van der Waals surface area contributed by atoms with Gasteiger partial charge in [0.2, 0.25) is 0 Å². The topological polar surface area (TPSA) is 80.4 Å². The third-order valence-electron chi connectivity index (χ3n) is 3.34. The van der Waals surface area contributed by atoms with E-state index in [0.717, 1.165) is 0 Å². The minimum absolute atomic E-state index is 0.143. The Balaban J connectivity index is 2.22. The summed E-state index contributed by atoms with van der Waals surface area (Å²) in [5.41, 5.74) is 5.85. The summed E-state index contributed by atoms with van der Waals surface area (Å²) in [4.78, 5) is 0.258. The smallest absolute Gasteiger partial charge is 0.194 e. The quantitative estimate of drug-likeness (QED) is 0.841. The monoisotopic (exact) mass is 255 g/mol. The molecule has 1 saturated carbocycles.